The van der Waals surface area contributed by atoms with Crippen molar-refractivity contribution in [3.8, 4) is 0 Å². The summed E-state index contributed by atoms with van der Waals surface area (Å²) in [5.41, 5.74) is 5.05. The monoisotopic (exact) mass is 309 g/mol. The number of nitro benzene ring substituents is 1. The van der Waals surface area contributed by atoms with Gasteiger partial charge in [0.1, 0.15) is 17.1 Å². The number of nitro groups is 1. The van der Waals surface area contributed by atoms with Crippen molar-refractivity contribution in [1.29, 1.82) is 0 Å². The van der Waals surface area contributed by atoms with Gasteiger partial charge in [0.15, 0.2) is 0 Å². The molecule has 0 aliphatic heterocycles. The summed E-state index contributed by atoms with van der Waals surface area (Å²) >= 11 is 1.48. The minimum absolute atomic E-state index is 0.268. The van der Waals surface area contributed by atoms with Gasteiger partial charge >= 0.3 is 0 Å². The molecule has 0 radical (unpaired) electrons. The van der Waals surface area contributed by atoms with Crippen LogP contribution in [0.5, 0.6) is 0 Å². The zero-order valence-corrected chi connectivity index (χ0v) is 11.9. The Bertz CT molecular complexity index is 688. The number of carbonyl (C=O) groups excluding carboxylic acids is 1. The van der Waals surface area contributed by atoms with Gasteiger partial charge in [0, 0.05) is 19.7 Å². The Morgan fingerprint density at radius 1 is 1.48 bits per heavy atom. The van der Waals surface area contributed by atoms with E-state index in [0.717, 1.165) is 17.7 Å². The van der Waals surface area contributed by atoms with Crippen molar-refractivity contribution in [2.45, 2.75) is 6.54 Å². The molecule has 0 atom stereocenters. The van der Waals surface area contributed by atoms with E-state index >= 15 is 0 Å². The van der Waals surface area contributed by atoms with Crippen molar-refractivity contribution in [2.75, 3.05) is 12.8 Å². The number of hydrogen-bond donors (Lipinski definition) is 1. The highest BCUT2D eigenvalue weighted by molar-refractivity contribution is 7.07. The second-order valence-electron chi connectivity index (χ2n) is 4.41. The first-order chi connectivity index (χ1) is 9.91. The standard InChI is InChI=1S/C13H12FN3O3S/c1-16(6-8-4-5-21-7-8)13(18)11-9(14)2-3-10(12(11)15)17(19)20/h2-5,7H,6,15H2,1H3. The number of thiophene rings is 1. The quantitative estimate of drug-likeness (QED) is 0.534. The molecule has 0 aliphatic carbocycles. The molecule has 110 valence electrons. The molecule has 0 bridgehead atoms. The third-order valence-electron chi connectivity index (χ3n) is 2.93. The molecule has 6 nitrogen and oxygen atoms in total. The molecule has 1 amide bonds. The zero-order chi connectivity index (χ0) is 15.6. The van der Waals surface area contributed by atoms with Crippen LogP contribution in [0.25, 0.3) is 0 Å². The highest BCUT2D eigenvalue weighted by atomic mass is 32.1. The Morgan fingerprint density at radius 3 is 2.76 bits per heavy atom. The predicted octanol–water partition coefficient (Wildman–Crippen LogP) is 2.65. The van der Waals surface area contributed by atoms with E-state index in [4.69, 9.17) is 5.73 Å². The number of amides is 1. The first kappa shape index (κ1) is 14.9. The lowest BCUT2D eigenvalue weighted by molar-refractivity contribution is -0.384. The summed E-state index contributed by atoms with van der Waals surface area (Å²) < 4.78 is 13.8. The van der Waals surface area contributed by atoms with Gasteiger partial charge in [0.05, 0.1) is 4.92 Å². The van der Waals surface area contributed by atoms with Crippen LogP contribution in [0.15, 0.2) is 29.0 Å². The van der Waals surface area contributed by atoms with Gasteiger partial charge in [0.2, 0.25) is 0 Å². The van der Waals surface area contributed by atoms with Gasteiger partial charge < -0.3 is 10.6 Å². The number of hydrogen-bond acceptors (Lipinski definition) is 5. The van der Waals surface area contributed by atoms with Crippen molar-refractivity contribution in [1.82, 2.24) is 4.90 Å². The van der Waals surface area contributed by atoms with E-state index in [1.807, 2.05) is 16.8 Å². The van der Waals surface area contributed by atoms with Gasteiger partial charge in [-0.15, -0.1) is 0 Å². The number of carbonyl (C=O) groups is 1. The highest BCUT2D eigenvalue weighted by Gasteiger charge is 2.25. The van der Waals surface area contributed by atoms with Crippen LogP contribution in [0.2, 0.25) is 0 Å². The second-order valence-corrected chi connectivity index (χ2v) is 5.19. The molecule has 2 aromatic rings. The topological polar surface area (TPSA) is 89.5 Å². The summed E-state index contributed by atoms with van der Waals surface area (Å²) in [7, 11) is 1.48. The highest BCUT2D eigenvalue weighted by Crippen LogP contribution is 2.28. The number of nitrogens with two attached hydrogens (primary N) is 1. The zero-order valence-electron chi connectivity index (χ0n) is 11.1. The van der Waals surface area contributed by atoms with Gasteiger partial charge in [-0.25, -0.2) is 4.39 Å². The first-order valence-corrected chi connectivity index (χ1v) is 6.85. The van der Waals surface area contributed by atoms with Crippen LogP contribution >= 0.6 is 11.3 Å². The summed E-state index contributed by atoms with van der Waals surface area (Å²) in [5, 5.41) is 14.5. The second kappa shape index (κ2) is 5.88. The molecule has 0 spiro atoms. The molecule has 21 heavy (non-hydrogen) atoms. The third-order valence-corrected chi connectivity index (χ3v) is 3.66. The lowest BCUT2D eigenvalue weighted by atomic mass is 10.1. The van der Waals surface area contributed by atoms with Crippen LogP contribution in [0.1, 0.15) is 15.9 Å². The van der Waals surface area contributed by atoms with E-state index in [1.54, 1.807) is 0 Å². The van der Waals surface area contributed by atoms with Crippen LogP contribution in [-0.4, -0.2) is 22.8 Å². The summed E-state index contributed by atoms with van der Waals surface area (Å²) in [6, 6.07) is 3.65. The molecule has 1 aromatic carbocycles. The van der Waals surface area contributed by atoms with Crippen molar-refractivity contribution >= 4 is 28.6 Å². The minimum Gasteiger partial charge on any atom is -0.392 e. The number of halogens is 1. The van der Waals surface area contributed by atoms with Crippen LogP contribution in [0, 0.1) is 15.9 Å². The fourth-order valence-electron chi connectivity index (χ4n) is 1.88. The third kappa shape index (κ3) is 3.00. The Balaban J connectivity index is 2.34. The summed E-state index contributed by atoms with van der Waals surface area (Å²) in [4.78, 5) is 23.6. The molecule has 0 saturated carbocycles. The maximum Gasteiger partial charge on any atom is 0.293 e. The van der Waals surface area contributed by atoms with Gasteiger partial charge in [-0.05, 0) is 28.5 Å². The maximum atomic E-state index is 13.8. The SMILES string of the molecule is CN(Cc1ccsc1)C(=O)c1c(F)ccc([N+](=O)[O-])c1N. The minimum atomic E-state index is -0.875. The lowest BCUT2D eigenvalue weighted by Crippen LogP contribution is -2.28. The molecule has 1 aromatic heterocycles. The number of benzene rings is 1. The van der Waals surface area contributed by atoms with Gasteiger partial charge in [-0.3, -0.25) is 14.9 Å². The number of rotatable bonds is 4. The van der Waals surface area contributed by atoms with Crippen LogP contribution < -0.4 is 5.73 Å². The normalized spacial score (nSPS) is 10.4. The molecule has 2 rings (SSSR count). The lowest BCUT2D eigenvalue weighted by Gasteiger charge is -2.18. The molecule has 8 heteroatoms. The van der Waals surface area contributed by atoms with Crippen LogP contribution in [0.4, 0.5) is 15.8 Å². The predicted molar refractivity (Wildman–Crippen MR) is 77.6 cm³/mol. The van der Waals surface area contributed by atoms with Crippen molar-refractivity contribution in [3.05, 3.63) is 56.0 Å². The Hall–Kier alpha value is -2.48. The van der Waals surface area contributed by atoms with Gasteiger partial charge in [0.25, 0.3) is 11.6 Å². The average Bonchev–Trinajstić information content (AvgIpc) is 2.90. The van der Waals surface area contributed by atoms with E-state index in [1.165, 1.54) is 23.3 Å². The average molecular weight is 309 g/mol. The molecule has 0 aliphatic rings. The Kier molecular flexibility index (Phi) is 4.18. The number of nitrogen functional groups attached to an aromatic ring is 1. The van der Waals surface area contributed by atoms with Crippen molar-refractivity contribution in [2.24, 2.45) is 0 Å². The Morgan fingerprint density at radius 2 is 2.19 bits per heavy atom. The van der Waals surface area contributed by atoms with Gasteiger partial charge in [-0.1, -0.05) is 0 Å². The summed E-state index contributed by atoms with van der Waals surface area (Å²) in [6.45, 7) is 0.268. The summed E-state index contributed by atoms with van der Waals surface area (Å²) in [5.74, 6) is -1.57. The summed E-state index contributed by atoms with van der Waals surface area (Å²) in [6.07, 6.45) is 0. The van der Waals surface area contributed by atoms with E-state index < -0.39 is 33.6 Å². The molecule has 1 heterocycles. The largest absolute Gasteiger partial charge is 0.392 e. The van der Waals surface area contributed by atoms with E-state index in [-0.39, 0.29) is 6.54 Å². The van der Waals surface area contributed by atoms with E-state index in [2.05, 4.69) is 0 Å². The fourth-order valence-corrected chi connectivity index (χ4v) is 2.54. The molecule has 0 saturated heterocycles. The van der Waals surface area contributed by atoms with Crippen molar-refractivity contribution < 1.29 is 14.1 Å². The number of anilines is 1. The molecule has 2 N–H and O–H groups in total. The molecule has 0 unspecified atom stereocenters. The fraction of sp³-hybridized carbons (Fsp3) is 0.154. The van der Waals surface area contributed by atoms with Crippen LogP contribution in [-0.2, 0) is 6.54 Å². The first-order valence-electron chi connectivity index (χ1n) is 5.90. The van der Waals surface area contributed by atoms with Crippen LogP contribution in [0.3, 0.4) is 0 Å². The van der Waals surface area contributed by atoms with Crippen molar-refractivity contribution in [3.63, 3.8) is 0 Å². The van der Waals surface area contributed by atoms with Gasteiger partial charge in [-0.2, -0.15) is 11.3 Å². The van der Waals surface area contributed by atoms with E-state index in [0.29, 0.717) is 0 Å². The molecular formula is C13H12FN3O3S. The maximum absolute atomic E-state index is 13.8. The smallest absolute Gasteiger partial charge is 0.293 e. The number of nitrogens with zero attached hydrogens (tertiary/aromatic N) is 2. The van der Waals surface area contributed by atoms with E-state index in [9.17, 15) is 19.3 Å². The molecular weight excluding hydrogens is 297 g/mol. The molecule has 0 fully saturated rings. The Labute approximate surface area is 123 Å².